The van der Waals surface area contributed by atoms with Crippen LogP contribution in [0.15, 0.2) is 89.8 Å². The van der Waals surface area contributed by atoms with Crippen molar-refractivity contribution in [1.82, 2.24) is 5.32 Å². The summed E-state index contributed by atoms with van der Waals surface area (Å²) >= 11 is 6.36. The van der Waals surface area contributed by atoms with Gasteiger partial charge >= 0.3 is 0 Å². The molecule has 1 amide bonds. The van der Waals surface area contributed by atoms with Crippen LogP contribution in [0, 0.1) is 0 Å². The summed E-state index contributed by atoms with van der Waals surface area (Å²) in [5, 5.41) is 4.91. The number of hydrogen-bond donors (Lipinski definition) is 1. The minimum atomic E-state index is -0.135. The number of benzene rings is 4. The van der Waals surface area contributed by atoms with Gasteiger partial charge in [-0.25, -0.2) is 0 Å². The zero-order valence-corrected chi connectivity index (χ0v) is 18.9. The molecule has 4 aromatic carbocycles. The summed E-state index contributed by atoms with van der Waals surface area (Å²) in [5.41, 5.74) is 5.43. The van der Waals surface area contributed by atoms with Crippen molar-refractivity contribution in [3.63, 3.8) is 0 Å². The monoisotopic (exact) mass is 453 g/mol. The molecule has 1 heterocycles. The molecular weight excluding hydrogens is 434 g/mol. The van der Waals surface area contributed by atoms with Gasteiger partial charge in [0.15, 0.2) is 0 Å². The summed E-state index contributed by atoms with van der Waals surface area (Å²) in [6.45, 7) is 0. The Hall–Kier alpha value is -3.41. The van der Waals surface area contributed by atoms with Crippen molar-refractivity contribution < 1.29 is 9.53 Å². The second-order valence-corrected chi connectivity index (χ2v) is 9.17. The second kappa shape index (κ2) is 8.61. The molecule has 1 aliphatic rings. The molecule has 0 spiro atoms. The van der Waals surface area contributed by atoms with E-state index in [-0.39, 0.29) is 5.91 Å². The largest absolute Gasteiger partial charge is 0.496 e. The molecule has 0 radical (unpaired) electrons. The topological polar surface area (TPSA) is 38.3 Å². The Morgan fingerprint density at radius 2 is 1.56 bits per heavy atom. The molecule has 4 aromatic rings. The van der Waals surface area contributed by atoms with E-state index in [0.717, 1.165) is 44.3 Å². The first-order valence-electron chi connectivity index (χ1n) is 10.1. The van der Waals surface area contributed by atoms with E-state index in [9.17, 15) is 4.79 Å². The SMILES string of the molecule is COc1ccc(-c2ccc3cc(/C=C4\SC(=S)NC4=O)ccc3c2)cc1-c1ccccc1. The van der Waals surface area contributed by atoms with Crippen LogP contribution in [0.5, 0.6) is 5.75 Å². The Morgan fingerprint density at radius 1 is 0.844 bits per heavy atom. The molecule has 0 saturated carbocycles. The molecular formula is C27H19NO2S2. The van der Waals surface area contributed by atoms with Gasteiger partial charge in [-0.1, -0.05) is 84.6 Å². The summed E-state index contributed by atoms with van der Waals surface area (Å²) in [5.74, 6) is 0.718. The van der Waals surface area contributed by atoms with Crippen LogP contribution in [0.25, 0.3) is 39.1 Å². The normalized spacial score (nSPS) is 14.7. The number of rotatable bonds is 4. The van der Waals surface area contributed by atoms with Gasteiger partial charge in [0.1, 0.15) is 10.1 Å². The summed E-state index contributed by atoms with van der Waals surface area (Å²) in [4.78, 5) is 12.6. The van der Waals surface area contributed by atoms with Gasteiger partial charge < -0.3 is 10.1 Å². The summed E-state index contributed by atoms with van der Waals surface area (Å²) in [6.07, 6.45) is 1.88. The molecule has 5 rings (SSSR count). The lowest BCUT2D eigenvalue weighted by atomic mass is 9.96. The highest BCUT2D eigenvalue weighted by Crippen LogP contribution is 2.35. The Balaban J connectivity index is 1.51. The van der Waals surface area contributed by atoms with E-state index >= 15 is 0 Å². The van der Waals surface area contributed by atoms with Crippen molar-refractivity contribution in [3.05, 3.63) is 95.4 Å². The third kappa shape index (κ3) is 4.05. The van der Waals surface area contributed by atoms with Crippen LogP contribution in [0.4, 0.5) is 0 Å². The highest BCUT2D eigenvalue weighted by molar-refractivity contribution is 8.26. The number of thioether (sulfide) groups is 1. The molecule has 0 aliphatic carbocycles. The summed E-state index contributed by atoms with van der Waals surface area (Å²) < 4.78 is 6.10. The Morgan fingerprint density at radius 3 is 2.31 bits per heavy atom. The smallest absolute Gasteiger partial charge is 0.263 e. The number of carbonyl (C=O) groups is 1. The van der Waals surface area contributed by atoms with E-state index in [1.807, 2.05) is 36.4 Å². The number of hydrogen-bond acceptors (Lipinski definition) is 4. The number of carbonyl (C=O) groups excluding carboxylic acids is 1. The van der Waals surface area contributed by atoms with E-state index in [4.69, 9.17) is 17.0 Å². The van der Waals surface area contributed by atoms with Gasteiger partial charge in [0, 0.05) is 5.56 Å². The van der Waals surface area contributed by atoms with Crippen LogP contribution in [0.1, 0.15) is 5.56 Å². The number of methoxy groups -OCH3 is 1. The van der Waals surface area contributed by atoms with Crippen LogP contribution < -0.4 is 10.1 Å². The fourth-order valence-corrected chi connectivity index (χ4v) is 4.88. The first-order valence-corrected chi connectivity index (χ1v) is 11.4. The lowest BCUT2D eigenvalue weighted by Crippen LogP contribution is -2.17. The maximum Gasteiger partial charge on any atom is 0.263 e. The molecule has 1 aliphatic heterocycles. The van der Waals surface area contributed by atoms with Crippen molar-refractivity contribution >= 4 is 51.1 Å². The van der Waals surface area contributed by atoms with Crippen LogP contribution in [-0.4, -0.2) is 17.3 Å². The van der Waals surface area contributed by atoms with Crippen molar-refractivity contribution in [3.8, 4) is 28.0 Å². The van der Waals surface area contributed by atoms with Gasteiger partial charge in [0.25, 0.3) is 5.91 Å². The van der Waals surface area contributed by atoms with E-state index < -0.39 is 0 Å². The molecule has 0 bridgehead atoms. The van der Waals surface area contributed by atoms with E-state index in [1.54, 1.807) is 7.11 Å². The van der Waals surface area contributed by atoms with Gasteiger partial charge in [-0.05, 0) is 63.4 Å². The summed E-state index contributed by atoms with van der Waals surface area (Å²) in [7, 11) is 1.70. The number of fused-ring (bicyclic) bond motifs is 1. The fraction of sp³-hybridized carbons (Fsp3) is 0.0370. The number of amides is 1. The molecule has 1 saturated heterocycles. The van der Waals surface area contributed by atoms with Crippen LogP contribution in [0.3, 0.4) is 0 Å². The van der Waals surface area contributed by atoms with Crippen molar-refractivity contribution in [1.29, 1.82) is 0 Å². The van der Waals surface area contributed by atoms with Gasteiger partial charge in [0.2, 0.25) is 0 Å². The minimum Gasteiger partial charge on any atom is -0.496 e. The molecule has 0 aromatic heterocycles. The third-order valence-electron chi connectivity index (χ3n) is 5.42. The molecule has 1 N–H and O–H groups in total. The number of nitrogens with one attached hydrogen (secondary N) is 1. The second-order valence-electron chi connectivity index (χ2n) is 7.45. The lowest BCUT2D eigenvalue weighted by molar-refractivity contribution is -0.115. The zero-order valence-electron chi connectivity index (χ0n) is 17.3. The molecule has 0 atom stereocenters. The Kier molecular flexibility index (Phi) is 5.52. The molecule has 1 fully saturated rings. The number of ether oxygens (including phenoxy) is 1. The van der Waals surface area contributed by atoms with E-state index in [1.165, 1.54) is 11.8 Å². The first kappa shape index (κ1) is 20.5. The van der Waals surface area contributed by atoms with Gasteiger partial charge in [-0.15, -0.1) is 0 Å². The first-order chi connectivity index (χ1) is 15.6. The summed E-state index contributed by atoms with van der Waals surface area (Å²) in [6, 6.07) is 29.2. The molecule has 3 nitrogen and oxygen atoms in total. The molecule has 156 valence electrons. The van der Waals surface area contributed by atoms with Crippen LogP contribution in [0.2, 0.25) is 0 Å². The van der Waals surface area contributed by atoms with Crippen molar-refractivity contribution in [2.24, 2.45) is 0 Å². The van der Waals surface area contributed by atoms with Gasteiger partial charge in [-0.2, -0.15) is 0 Å². The third-order valence-corrected chi connectivity index (χ3v) is 6.58. The van der Waals surface area contributed by atoms with E-state index in [0.29, 0.717) is 9.23 Å². The maximum atomic E-state index is 11.9. The molecule has 5 heteroatoms. The molecule has 32 heavy (non-hydrogen) atoms. The standard InChI is InChI=1S/C27H19NO2S2/c1-30-24-12-11-22(16-23(24)18-5-3-2-4-6-18)21-10-9-19-13-17(7-8-20(19)15-21)14-25-26(29)28-27(31)32-25/h2-16H,1H3,(H,28,29,31)/b25-14-. The molecule has 0 unspecified atom stereocenters. The van der Waals surface area contributed by atoms with Crippen molar-refractivity contribution in [2.45, 2.75) is 0 Å². The van der Waals surface area contributed by atoms with E-state index in [2.05, 4.69) is 59.9 Å². The van der Waals surface area contributed by atoms with Gasteiger partial charge in [0.05, 0.1) is 12.0 Å². The Bertz CT molecular complexity index is 1390. The predicted octanol–water partition coefficient (Wildman–Crippen LogP) is 6.67. The minimum absolute atomic E-state index is 0.135. The highest BCUT2D eigenvalue weighted by atomic mass is 32.2. The zero-order chi connectivity index (χ0) is 22.1. The fourth-order valence-electron chi connectivity index (χ4n) is 3.84. The van der Waals surface area contributed by atoms with Crippen LogP contribution in [-0.2, 0) is 4.79 Å². The maximum absolute atomic E-state index is 11.9. The van der Waals surface area contributed by atoms with Gasteiger partial charge in [-0.3, -0.25) is 4.79 Å². The average molecular weight is 454 g/mol. The highest BCUT2D eigenvalue weighted by Gasteiger charge is 2.21. The number of thiocarbonyl (C=S) groups is 1. The average Bonchev–Trinajstić information content (AvgIpc) is 3.15. The quantitative estimate of drug-likeness (QED) is 0.277. The Labute approximate surface area is 196 Å². The predicted molar refractivity (Wildman–Crippen MR) is 138 cm³/mol. The lowest BCUT2D eigenvalue weighted by Gasteiger charge is -2.12. The van der Waals surface area contributed by atoms with Crippen LogP contribution >= 0.6 is 24.0 Å². The van der Waals surface area contributed by atoms with Crippen molar-refractivity contribution in [2.75, 3.05) is 7.11 Å².